The van der Waals surface area contributed by atoms with E-state index in [2.05, 4.69) is 15.5 Å². The van der Waals surface area contributed by atoms with Gasteiger partial charge in [-0.25, -0.2) is 0 Å². The molecule has 8 heteroatoms. The van der Waals surface area contributed by atoms with Crippen LogP contribution in [0.3, 0.4) is 0 Å². The Morgan fingerprint density at radius 3 is 2.67 bits per heavy atom. The summed E-state index contributed by atoms with van der Waals surface area (Å²) >= 11 is 0. The number of rotatable bonds is 6. The number of methoxy groups -OCH3 is 1. The van der Waals surface area contributed by atoms with Gasteiger partial charge in [0.1, 0.15) is 0 Å². The molecule has 0 aromatic carbocycles. The summed E-state index contributed by atoms with van der Waals surface area (Å²) in [4.78, 5) is 26.2. The molecule has 0 saturated carbocycles. The molecule has 1 aliphatic rings. The second-order valence-electron chi connectivity index (χ2n) is 4.65. The van der Waals surface area contributed by atoms with E-state index in [-0.39, 0.29) is 11.6 Å². The lowest BCUT2D eigenvalue weighted by atomic mass is 10.3. The minimum Gasteiger partial charge on any atom is -0.383 e. The third-order valence-electron chi connectivity index (χ3n) is 3.26. The van der Waals surface area contributed by atoms with Gasteiger partial charge in [-0.05, 0) is 12.1 Å². The predicted molar refractivity (Wildman–Crippen MR) is 76.1 cm³/mol. The zero-order chi connectivity index (χ0) is 15.1. The number of amides is 2. The highest BCUT2D eigenvalue weighted by molar-refractivity contribution is 5.92. The third kappa shape index (κ3) is 4.12. The van der Waals surface area contributed by atoms with Gasteiger partial charge in [0.2, 0.25) is 6.41 Å². The Morgan fingerprint density at radius 1 is 1.33 bits per heavy atom. The first-order chi connectivity index (χ1) is 10.2. The molecule has 1 aromatic heterocycles. The third-order valence-corrected chi connectivity index (χ3v) is 3.26. The van der Waals surface area contributed by atoms with E-state index in [1.54, 1.807) is 24.1 Å². The van der Waals surface area contributed by atoms with E-state index in [0.29, 0.717) is 45.1 Å². The quantitative estimate of drug-likeness (QED) is 0.542. The Morgan fingerprint density at radius 2 is 2.10 bits per heavy atom. The number of piperazine rings is 1. The maximum Gasteiger partial charge on any atom is 0.271 e. The fourth-order valence-corrected chi connectivity index (χ4v) is 2.03. The lowest BCUT2D eigenvalue weighted by molar-refractivity contribution is -0.118. The van der Waals surface area contributed by atoms with Crippen LogP contribution in [0, 0.1) is 0 Å². The van der Waals surface area contributed by atoms with Crippen molar-refractivity contribution >= 4 is 18.1 Å². The summed E-state index contributed by atoms with van der Waals surface area (Å²) in [5.74, 6) is 0.450. The van der Waals surface area contributed by atoms with Crippen molar-refractivity contribution in [1.82, 2.24) is 20.4 Å². The van der Waals surface area contributed by atoms with Crippen molar-refractivity contribution < 1.29 is 14.3 Å². The molecule has 2 heterocycles. The Kier molecular flexibility index (Phi) is 5.44. The molecule has 1 aliphatic heterocycles. The standard InChI is InChI=1S/C13H19N5O3/c1-21-9-4-14-13(20)11-2-3-12(16-15-11)18-7-5-17(10-19)6-8-18/h2-3,10H,4-9H2,1H3,(H,14,20). The van der Waals surface area contributed by atoms with Crippen LogP contribution < -0.4 is 10.2 Å². The van der Waals surface area contributed by atoms with Crippen LogP contribution >= 0.6 is 0 Å². The minimum atomic E-state index is -0.267. The van der Waals surface area contributed by atoms with Gasteiger partial charge >= 0.3 is 0 Å². The Balaban J connectivity index is 1.90. The molecule has 1 fully saturated rings. The van der Waals surface area contributed by atoms with Gasteiger partial charge in [-0.15, -0.1) is 10.2 Å². The van der Waals surface area contributed by atoms with E-state index < -0.39 is 0 Å². The molecule has 1 saturated heterocycles. The number of carbonyl (C=O) groups excluding carboxylic acids is 2. The number of carbonyl (C=O) groups is 2. The number of ether oxygens (including phenoxy) is 1. The average Bonchev–Trinajstić information content (AvgIpc) is 2.55. The first kappa shape index (κ1) is 15.2. The van der Waals surface area contributed by atoms with Crippen molar-refractivity contribution in [3.8, 4) is 0 Å². The summed E-state index contributed by atoms with van der Waals surface area (Å²) < 4.78 is 4.86. The van der Waals surface area contributed by atoms with Crippen molar-refractivity contribution in [2.45, 2.75) is 0 Å². The normalized spacial score (nSPS) is 14.9. The van der Waals surface area contributed by atoms with E-state index >= 15 is 0 Å². The molecule has 0 spiro atoms. The van der Waals surface area contributed by atoms with Crippen molar-refractivity contribution in [3.05, 3.63) is 17.8 Å². The van der Waals surface area contributed by atoms with Crippen LogP contribution in [0.15, 0.2) is 12.1 Å². The molecule has 8 nitrogen and oxygen atoms in total. The highest BCUT2D eigenvalue weighted by Crippen LogP contribution is 2.12. The maximum absolute atomic E-state index is 11.8. The number of anilines is 1. The first-order valence-corrected chi connectivity index (χ1v) is 6.79. The minimum absolute atomic E-state index is 0.267. The molecular weight excluding hydrogens is 274 g/mol. The van der Waals surface area contributed by atoms with Crippen LogP contribution in [0.5, 0.6) is 0 Å². The summed E-state index contributed by atoms with van der Waals surface area (Å²) in [5, 5.41) is 10.7. The van der Waals surface area contributed by atoms with Crippen molar-refractivity contribution in [1.29, 1.82) is 0 Å². The van der Waals surface area contributed by atoms with Gasteiger partial charge in [0, 0.05) is 39.8 Å². The SMILES string of the molecule is COCCNC(=O)c1ccc(N2CCN(C=O)CC2)nn1. The lowest BCUT2D eigenvalue weighted by Gasteiger charge is -2.32. The molecule has 2 rings (SSSR count). The average molecular weight is 293 g/mol. The first-order valence-electron chi connectivity index (χ1n) is 6.79. The van der Waals surface area contributed by atoms with Crippen LogP contribution in [0.1, 0.15) is 10.5 Å². The highest BCUT2D eigenvalue weighted by atomic mass is 16.5. The Labute approximate surface area is 123 Å². The molecule has 114 valence electrons. The summed E-state index contributed by atoms with van der Waals surface area (Å²) in [6.45, 7) is 3.67. The molecule has 0 atom stereocenters. The van der Waals surface area contributed by atoms with Gasteiger partial charge in [0.15, 0.2) is 11.5 Å². The molecule has 0 aliphatic carbocycles. The van der Waals surface area contributed by atoms with Crippen molar-refractivity contribution in [2.75, 3.05) is 51.3 Å². The van der Waals surface area contributed by atoms with Gasteiger partial charge in [-0.2, -0.15) is 0 Å². The number of nitrogens with zero attached hydrogens (tertiary/aromatic N) is 4. The molecule has 1 aromatic rings. The van der Waals surface area contributed by atoms with Crippen LogP contribution in [-0.4, -0.2) is 73.9 Å². The zero-order valence-corrected chi connectivity index (χ0v) is 12.0. The fraction of sp³-hybridized carbons (Fsp3) is 0.538. The number of nitrogens with one attached hydrogen (secondary N) is 1. The summed E-state index contributed by atoms with van der Waals surface area (Å²) in [7, 11) is 1.57. The smallest absolute Gasteiger partial charge is 0.271 e. The van der Waals surface area contributed by atoms with E-state index in [4.69, 9.17) is 4.74 Å². The second-order valence-corrected chi connectivity index (χ2v) is 4.65. The van der Waals surface area contributed by atoms with Gasteiger partial charge in [0.05, 0.1) is 6.61 Å². The summed E-state index contributed by atoms with van der Waals surface area (Å²) in [6, 6.07) is 3.42. The molecule has 0 bridgehead atoms. The van der Waals surface area contributed by atoms with E-state index in [0.717, 1.165) is 6.41 Å². The Bertz CT molecular complexity index is 471. The fourth-order valence-electron chi connectivity index (χ4n) is 2.03. The van der Waals surface area contributed by atoms with Crippen LogP contribution in [0.25, 0.3) is 0 Å². The molecule has 21 heavy (non-hydrogen) atoms. The number of hydrogen-bond donors (Lipinski definition) is 1. The monoisotopic (exact) mass is 293 g/mol. The van der Waals surface area contributed by atoms with Gasteiger partial charge in [0.25, 0.3) is 5.91 Å². The van der Waals surface area contributed by atoms with E-state index in [1.807, 2.05) is 4.90 Å². The van der Waals surface area contributed by atoms with E-state index in [9.17, 15) is 9.59 Å². The maximum atomic E-state index is 11.8. The molecule has 0 unspecified atom stereocenters. The largest absolute Gasteiger partial charge is 0.383 e. The molecule has 2 amide bonds. The van der Waals surface area contributed by atoms with E-state index in [1.165, 1.54) is 0 Å². The lowest BCUT2D eigenvalue weighted by Crippen LogP contribution is -2.46. The number of aromatic nitrogens is 2. The molecular formula is C13H19N5O3. The topological polar surface area (TPSA) is 87.7 Å². The Hall–Kier alpha value is -2.22. The highest BCUT2D eigenvalue weighted by Gasteiger charge is 2.17. The molecule has 1 N–H and O–H groups in total. The van der Waals surface area contributed by atoms with Crippen LogP contribution in [0.4, 0.5) is 5.82 Å². The number of hydrogen-bond acceptors (Lipinski definition) is 6. The van der Waals surface area contributed by atoms with Crippen molar-refractivity contribution in [2.24, 2.45) is 0 Å². The predicted octanol–water partition coefficient (Wildman–Crippen LogP) is -0.869. The zero-order valence-electron chi connectivity index (χ0n) is 12.0. The van der Waals surface area contributed by atoms with Crippen LogP contribution in [-0.2, 0) is 9.53 Å². The summed E-state index contributed by atoms with van der Waals surface area (Å²) in [5.41, 5.74) is 0.279. The van der Waals surface area contributed by atoms with Crippen molar-refractivity contribution in [3.63, 3.8) is 0 Å². The van der Waals surface area contributed by atoms with Gasteiger partial charge < -0.3 is 19.9 Å². The van der Waals surface area contributed by atoms with Crippen LogP contribution in [0.2, 0.25) is 0 Å². The van der Waals surface area contributed by atoms with Gasteiger partial charge in [-0.1, -0.05) is 0 Å². The molecule has 0 radical (unpaired) electrons. The summed E-state index contributed by atoms with van der Waals surface area (Å²) in [6.07, 6.45) is 0.858. The second kappa shape index (κ2) is 7.53. The van der Waals surface area contributed by atoms with Gasteiger partial charge in [-0.3, -0.25) is 9.59 Å².